The largest absolute Gasteiger partial charge is 0.0801 e. The molecule has 0 unspecified atom stereocenters. The minimum Gasteiger partial charge on any atom is -0.0801 e. The summed E-state index contributed by atoms with van der Waals surface area (Å²) in [5.74, 6) is 0. The van der Waals surface area contributed by atoms with E-state index >= 15 is 0 Å². The van der Waals surface area contributed by atoms with Gasteiger partial charge in [0.15, 0.2) is 0 Å². The molecule has 2 aliphatic rings. The second-order valence-electron chi connectivity index (χ2n) is 19.3. The summed E-state index contributed by atoms with van der Waals surface area (Å²) in [4.78, 5) is 0. The van der Waals surface area contributed by atoms with E-state index in [0.717, 1.165) is 19.3 Å². The summed E-state index contributed by atoms with van der Waals surface area (Å²) in [6.07, 6.45) is 9.60. The van der Waals surface area contributed by atoms with Crippen LogP contribution in [0.15, 0.2) is 188 Å². The van der Waals surface area contributed by atoms with Gasteiger partial charge in [-0.2, -0.15) is 0 Å². The highest BCUT2D eigenvalue weighted by Crippen LogP contribution is 2.46. The number of fused-ring (bicyclic) bond motifs is 5. The van der Waals surface area contributed by atoms with Gasteiger partial charge in [-0.1, -0.05) is 199 Å². The monoisotopic (exact) mass is 786 g/mol. The Balaban J connectivity index is 1.41. The Bertz CT molecular complexity index is 3150. The van der Waals surface area contributed by atoms with Gasteiger partial charge in [-0.3, -0.25) is 0 Å². The second kappa shape index (κ2) is 15.2. The SMILES string of the molecule is CC(C)(C)c1cc2c(cc1-c1ccc3ccccc3c1)C(C1=CC=CC1)=c1c-2cc(C(C)(C)C)c(-c2ccc3ccccc3c2)c1=C(Cc1ccccc1)Cc1ccccc1. The highest BCUT2D eigenvalue weighted by molar-refractivity contribution is 6.01. The molecule has 0 aliphatic heterocycles. The molecule has 0 atom stereocenters. The molecular formula is C61H54. The van der Waals surface area contributed by atoms with E-state index in [4.69, 9.17) is 0 Å². The molecule has 0 radical (unpaired) electrons. The summed E-state index contributed by atoms with van der Waals surface area (Å²) >= 11 is 0. The first-order valence-electron chi connectivity index (χ1n) is 22.1. The quantitative estimate of drug-likeness (QED) is 0.151. The van der Waals surface area contributed by atoms with Crippen molar-refractivity contribution in [3.8, 4) is 33.4 Å². The minimum atomic E-state index is -0.148. The maximum absolute atomic E-state index is 2.60. The minimum absolute atomic E-state index is 0.0915. The molecule has 0 saturated carbocycles. The fourth-order valence-corrected chi connectivity index (χ4v) is 10.0. The molecule has 2 aliphatic carbocycles. The molecule has 0 fully saturated rings. The van der Waals surface area contributed by atoms with E-state index in [0.29, 0.717) is 0 Å². The Hall–Kier alpha value is -6.50. The van der Waals surface area contributed by atoms with E-state index < -0.39 is 0 Å². The number of benzene rings is 8. The summed E-state index contributed by atoms with van der Waals surface area (Å²) < 4.78 is 0. The van der Waals surface area contributed by atoms with Gasteiger partial charge in [-0.05, 0) is 165 Å². The van der Waals surface area contributed by atoms with Gasteiger partial charge >= 0.3 is 0 Å². The van der Waals surface area contributed by atoms with Crippen LogP contribution in [0.25, 0.3) is 66.1 Å². The van der Waals surface area contributed by atoms with Crippen molar-refractivity contribution in [2.24, 2.45) is 0 Å². The van der Waals surface area contributed by atoms with Crippen molar-refractivity contribution in [1.82, 2.24) is 0 Å². The third kappa shape index (κ3) is 7.19. The van der Waals surface area contributed by atoms with Crippen LogP contribution in [-0.2, 0) is 23.7 Å². The van der Waals surface area contributed by atoms with Gasteiger partial charge in [0, 0.05) is 0 Å². The molecular weight excluding hydrogens is 733 g/mol. The van der Waals surface area contributed by atoms with Crippen LogP contribution in [0.4, 0.5) is 0 Å². The predicted molar refractivity (Wildman–Crippen MR) is 262 cm³/mol. The fraction of sp³-hybridized carbons (Fsp3) is 0.180. The van der Waals surface area contributed by atoms with Crippen molar-refractivity contribution in [2.45, 2.75) is 71.6 Å². The molecule has 8 aromatic rings. The van der Waals surface area contributed by atoms with Gasteiger partial charge in [0.05, 0.1) is 0 Å². The molecule has 0 bridgehead atoms. The summed E-state index contributed by atoms with van der Waals surface area (Å²) in [7, 11) is 0. The molecule has 0 heterocycles. The summed E-state index contributed by atoms with van der Waals surface area (Å²) in [6, 6.07) is 61.8. The van der Waals surface area contributed by atoms with Gasteiger partial charge in [0.1, 0.15) is 0 Å². The zero-order valence-electron chi connectivity index (χ0n) is 36.4. The summed E-state index contributed by atoms with van der Waals surface area (Å²) in [6.45, 7) is 14.4. The number of hydrogen-bond donors (Lipinski definition) is 0. The standard InChI is InChI=1S/C61H54/c1-60(2,3)54-38-51-52(37-50(54)47-31-29-42-23-13-17-27-45(42)35-47)56(44-25-15-16-26-44)59-53(51)39-55(61(4,5)6)57(48-32-30-43-24-14-18-28-46(43)36-48)58(59)49(33-40-19-9-7-10-20-40)34-41-21-11-8-12-22-41/h7-25,27-32,35-39H,26,33-34H2,1-6H3. The van der Waals surface area contributed by atoms with E-state index in [1.54, 1.807) is 0 Å². The molecule has 0 saturated heterocycles. The van der Waals surface area contributed by atoms with Crippen LogP contribution < -0.4 is 10.4 Å². The maximum Gasteiger partial charge on any atom is -0.00173 e. The third-order valence-corrected chi connectivity index (χ3v) is 13.0. The predicted octanol–water partition coefficient (Wildman–Crippen LogP) is 14.6. The average Bonchev–Trinajstić information content (AvgIpc) is 3.91. The molecule has 0 aromatic heterocycles. The van der Waals surface area contributed by atoms with Gasteiger partial charge in [-0.15, -0.1) is 0 Å². The van der Waals surface area contributed by atoms with E-state index in [9.17, 15) is 0 Å². The highest BCUT2D eigenvalue weighted by atomic mass is 14.4. The first-order valence-corrected chi connectivity index (χ1v) is 22.1. The Morgan fingerprint density at radius 1 is 0.459 bits per heavy atom. The van der Waals surface area contributed by atoms with Crippen LogP contribution in [0.5, 0.6) is 0 Å². The first-order chi connectivity index (χ1) is 29.5. The van der Waals surface area contributed by atoms with Crippen molar-refractivity contribution in [1.29, 1.82) is 0 Å². The molecule has 61 heavy (non-hydrogen) atoms. The molecule has 0 amide bonds. The maximum atomic E-state index is 2.60. The number of allylic oxidation sites excluding steroid dienone is 4. The molecule has 0 heteroatoms. The Morgan fingerprint density at radius 2 is 0.984 bits per heavy atom. The van der Waals surface area contributed by atoms with Gasteiger partial charge in [0.2, 0.25) is 0 Å². The topological polar surface area (TPSA) is 0 Å². The van der Waals surface area contributed by atoms with Crippen molar-refractivity contribution in [2.75, 3.05) is 0 Å². The molecule has 10 rings (SSSR count). The zero-order chi connectivity index (χ0) is 41.9. The normalized spacial score (nSPS) is 13.5. The Morgan fingerprint density at radius 3 is 1.54 bits per heavy atom. The second-order valence-corrected chi connectivity index (χ2v) is 19.3. The van der Waals surface area contributed by atoms with E-state index in [1.807, 2.05) is 0 Å². The van der Waals surface area contributed by atoms with E-state index in [2.05, 4.69) is 224 Å². The lowest BCUT2D eigenvalue weighted by atomic mass is 9.77. The van der Waals surface area contributed by atoms with Crippen molar-refractivity contribution < 1.29 is 0 Å². The van der Waals surface area contributed by atoms with Crippen LogP contribution in [0.3, 0.4) is 0 Å². The van der Waals surface area contributed by atoms with Gasteiger partial charge < -0.3 is 0 Å². The number of hydrogen-bond acceptors (Lipinski definition) is 0. The lowest BCUT2D eigenvalue weighted by Gasteiger charge is -2.27. The molecule has 0 spiro atoms. The summed E-state index contributed by atoms with van der Waals surface area (Å²) in [5, 5.41) is 7.86. The average molecular weight is 787 g/mol. The van der Waals surface area contributed by atoms with E-state index in [1.165, 1.54) is 110 Å². The zero-order valence-corrected chi connectivity index (χ0v) is 36.4. The molecule has 0 nitrogen and oxygen atoms in total. The number of rotatable bonds is 7. The molecule has 0 N–H and O–H groups in total. The van der Waals surface area contributed by atoms with Gasteiger partial charge in [-0.25, -0.2) is 0 Å². The lowest BCUT2D eigenvalue weighted by molar-refractivity contribution is 0.590. The Labute approximate surface area is 362 Å². The highest BCUT2D eigenvalue weighted by Gasteiger charge is 2.33. The Kier molecular flexibility index (Phi) is 9.64. The molecule has 298 valence electrons. The molecule has 8 aromatic carbocycles. The van der Waals surface area contributed by atoms with Crippen LogP contribution in [-0.4, -0.2) is 0 Å². The van der Waals surface area contributed by atoms with Crippen LogP contribution >= 0.6 is 0 Å². The van der Waals surface area contributed by atoms with Crippen molar-refractivity contribution in [3.63, 3.8) is 0 Å². The lowest BCUT2D eigenvalue weighted by Crippen LogP contribution is -2.36. The third-order valence-electron chi connectivity index (χ3n) is 13.0. The van der Waals surface area contributed by atoms with Crippen LogP contribution in [0.1, 0.15) is 75.8 Å². The van der Waals surface area contributed by atoms with Crippen molar-refractivity contribution >= 4 is 32.7 Å². The smallest absolute Gasteiger partial charge is 0.00173 e. The van der Waals surface area contributed by atoms with Crippen molar-refractivity contribution in [3.05, 3.63) is 226 Å². The van der Waals surface area contributed by atoms with Crippen LogP contribution in [0.2, 0.25) is 0 Å². The summed E-state index contributed by atoms with van der Waals surface area (Å²) in [5.41, 5.74) is 18.7. The first kappa shape index (κ1) is 38.7. The van der Waals surface area contributed by atoms with E-state index in [-0.39, 0.29) is 10.8 Å². The van der Waals surface area contributed by atoms with Crippen LogP contribution in [0, 0.1) is 0 Å². The fourth-order valence-electron chi connectivity index (χ4n) is 10.0. The van der Waals surface area contributed by atoms with Gasteiger partial charge in [0.25, 0.3) is 0 Å².